The second kappa shape index (κ2) is 6.88. The summed E-state index contributed by atoms with van der Waals surface area (Å²) >= 11 is 0. The van der Waals surface area contributed by atoms with E-state index in [-0.39, 0.29) is 18.1 Å². The zero-order valence-electron chi connectivity index (χ0n) is 15.0. The molecule has 6 heteroatoms. The van der Waals surface area contributed by atoms with Crippen LogP contribution in [-0.4, -0.2) is 50.9 Å². The van der Waals surface area contributed by atoms with Crippen molar-refractivity contribution in [2.45, 2.75) is 32.6 Å². The van der Waals surface area contributed by atoms with Gasteiger partial charge in [0, 0.05) is 24.7 Å². The van der Waals surface area contributed by atoms with Gasteiger partial charge in [0.1, 0.15) is 0 Å². The summed E-state index contributed by atoms with van der Waals surface area (Å²) < 4.78 is 7.57. The number of ether oxygens (including phenoxy) is 1. The third kappa shape index (κ3) is 3.32. The van der Waals surface area contributed by atoms with Crippen molar-refractivity contribution in [3.05, 3.63) is 59.9 Å². The summed E-state index contributed by atoms with van der Waals surface area (Å²) in [7, 11) is 0. The Bertz CT molecular complexity index is 912. The van der Waals surface area contributed by atoms with E-state index < -0.39 is 0 Å². The molecule has 26 heavy (non-hydrogen) atoms. The summed E-state index contributed by atoms with van der Waals surface area (Å²) in [6, 6.07) is 12.0. The fourth-order valence-corrected chi connectivity index (χ4v) is 3.49. The normalized spacial score (nSPS) is 20.5. The fraction of sp³-hybridized carbons (Fsp3) is 0.350. The van der Waals surface area contributed by atoms with Crippen LogP contribution in [0.1, 0.15) is 29.8 Å². The van der Waals surface area contributed by atoms with Gasteiger partial charge in [-0.2, -0.15) is 5.10 Å². The van der Waals surface area contributed by atoms with Gasteiger partial charge >= 0.3 is 0 Å². The minimum absolute atomic E-state index is 0.00258. The smallest absolute Gasteiger partial charge is 0.255 e. The standard InChI is InChI=1S/C20H22N4O2/c1-14-11-23(12-15(2)26-14)20(25)18-8-17-10-22-24(19(17)21-9-18)13-16-6-4-3-5-7-16/h3-10,14-15H,11-13H2,1-2H3/t14-,15-/m1/s1. The number of pyridine rings is 1. The molecule has 1 aliphatic rings. The Kier molecular flexibility index (Phi) is 4.42. The molecule has 0 spiro atoms. The zero-order chi connectivity index (χ0) is 18.1. The van der Waals surface area contributed by atoms with Gasteiger partial charge < -0.3 is 9.64 Å². The van der Waals surface area contributed by atoms with Gasteiger partial charge in [-0.25, -0.2) is 9.67 Å². The van der Waals surface area contributed by atoms with Gasteiger partial charge in [-0.3, -0.25) is 4.79 Å². The first-order valence-corrected chi connectivity index (χ1v) is 8.90. The van der Waals surface area contributed by atoms with Crippen LogP contribution in [0.3, 0.4) is 0 Å². The second-order valence-electron chi connectivity index (χ2n) is 6.89. The van der Waals surface area contributed by atoms with Crippen LogP contribution in [0.25, 0.3) is 11.0 Å². The van der Waals surface area contributed by atoms with Gasteiger partial charge in [0.25, 0.3) is 5.91 Å². The quantitative estimate of drug-likeness (QED) is 0.729. The molecule has 0 bridgehead atoms. The van der Waals surface area contributed by atoms with E-state index in [0.717, 1.165) is 16.6 Å². The van der Waals surface area contributed by atoms with E-state index in [0.29, 0.717) is 25.2 Å². The number of hydrogen-bond donors (Lipinski definition) is 0. The minimum Gasteiger partial charge on any atom is -0.372 e. The van der Waals surface area contributed by atoms with Crippen LogP contribution in [0.15, 0.2) is 48.8 Å². The SMILES string of the molecule is C[C@@H]1CN(C(=O)c2cnc3c(cnn3Cc3ccccc3)c2)C[C@@H](C)O1. The van der Waals surface area contributed by atoms with Gasteiger partial charge in [0.05, 0.1) is 30.5 Å². The Morgan fingerprint density at radius 1 is 1.15 bits per heavy atom. The molecule has 3 heterocycles. The Morgan fingerprint density at radius 2 is 1.88 bits per heavy atom. The molecule has 2 aromatic heterocycles. The molecule has 3 aromatic rings. The summed E-state index contributed by atoms with van der Waals surface area (Å²) in [6.45, 7) is 5.85. The molecule has 134 valence electrons. The molecule has 1 aliphatic heterocycles. The highest BCUT2D eigenvalue weighted by Crippen LogP contribution is 2.18. The molecule has 0 saturated carbocycles. The number of rotatable bonds is 3. The number of nitrogens with zero attached hydrogens (tertiary/aromatic N) is 4. The van der Waals surface area contributed by atoms with Gasteiger partial charge in [0.15, 0.2) is 5.65 Å². The maximum absolute atomic E-state index is 12.8. The Labute approximate surface area is 152 Å². The molecule has 0 N–H and O–H groups in total. The van der Waals surface area contributed by atoms with Crippen molar-refractivity contribution in [1.29, 1.82) is 0 Å². The van der Waals surface area contributed by atoms with Gasteiger partial charge in [-0.1, -0.05) is 30.3 Å². The van der Waals surface area contributed by atoms with E-state index in [1.807, 2.05) is 47.7 Å². The lowest BCUT2D eigenvalue weighted by Crippen LogP contribution is -2.48. The molecular weight excluding hydrogens is 328 g/mol. The monoisotopic (exact) mass is 350 g/mol. The van der Waals surface area contributed by atoms with E-state index >= 15 is 0 Å². The molecule has 4 rings (SSSR count). The lowest BCUT2D eigenvalue weighted by atomic mass is 10.1. The van der Waals surface area contributed by atoms with Crippen LogP contribution in [0.4, 0.5) is 0 Å². The predicted molar refractivity (Wildman–Crippen MR) is 99.0 cm³/mol. The number of amides is 1. The summed E-state index contributed by atoms with van der Waals surface area (Å²) in [4.78, 5) is 19.2. The molecular formula is C20H22N4O2. The van der Waals surface area contributed by atoms with Crippen LogP contribution in [0.2, 0.25) is 0 Å². The lowest BCUT2D eigenvalue weighted by Gasteiger charge is -2.35. The second-order valence-corrected chi connectivity index (χ2v) is 6.89. The Hall–Kier alpha value is -2.73. The van der Waals surface area contributed by atoms with Crippen molar-refractivity contribution in [1.82, 2.24) is 19.7 Å². The van der Waals surface area contributed by atoms with Gasteiger partial charge in [0.2, 0.25) is 0 Å². The number of aromatic nitrogens is 3. The molecule has 1 amide bonds. The van der Waals surface area contributed by atoms with Crippen LogP contribution in [-0.2, 0) is 11.3 Å². The highest BCUT2D eigenvalue weighted by Gasteiger charge is 2.27. The fourth-order valence-electron chi connectivity index (χ4n) is 3.49. The van der Waals surface area contributed by atoms with Crippen molar-refractivity contribution in [2.75, 3.05) is 13.1 Å². The predicted octanol–water partition coefficient (Wildman–Crippen LogP) is 2.73. The molecule has 2 atom stereocenters. The summed E-state index contributed by atoms with van der Waals surface area (Å²) in [5.74, 6) is -0.00258. The molecule has 6 nitrogen and oxygen atoms in total. The van der Waals surface area contributed by atoms with E-state index in [2.05, 4.69) is 22.2 Å². The largest absolute Gasteiger partial charge is 0.372 e. The van der Waals surface area contributed by atoms with Crippen molar-refractivity contribution < 1.29 is 9.53 Å². The van der Waals surface area contributed by atoms with Crippen molar-refractivity contribution >= 4 is 16.9 Å². The van der Waals surface area contributed by atoms with E-state index in [4.69, 9.17) is 4.74 Å². The summed E-state index contributed by atoms with van der Waals surface area (Å²) in [5, 5.41) is 5.31. The topological polar surface area (TPSA) is 60.2 Å². The van der Waals surface area contributed by atoms with Crippen LogP contribution < -0.4 is 0 Å². The van der Waals surface area contributed by atoms with Crippen LogP contribution in [0.5, 0.6) is 0 Å². The zero-order valence-corrected chi connectivity index (χ0v) is 15.0. The number of hydrogen-bond acceptors (Lipinski definition) is 4. The lowest BCUT2D eigenvalue weighted by molar-refractivity contribution is -0.0586. The number of benzene rings is 1. The van der Waals surface area contributed by atoms with E-state index in [1.54, 1.807) is 12.4 Å². The first kappa shape index (κ1) is 16.7. The molecule has 0 aliphatic carbocycles. The number of carbonyl (C=O) groups excluding carboxylic acids is 1. The molecule has 0 unspecified atom stereocenters. The van der Waals surface area contributed by atoms with Crippen molar-refractivity contribution in [2.24, 2.45) is 0 Å². The Balaban J connectivity index is 1.57. The highest BCUT2D eigenvalue weighted by atomic mass is 16.5. The number of fused-ring (bicyclic) bond motifs is 1. The first-order chi connectivity index (χ1) is 12.6. The van der Waals surface area contributed by atoms with Crippen molar-refractivity contribution in [3.8, 4) is 0 Å². The maximum atomic E-state index is 12.8. The van der Waals surface area contributed by atoms with Crippen LogP contribution >= 0.6 is 0 Å². The summed E-state index contributed by atoms with van der Waals surface area (Å²) in [5.41, 5.74) is 2.54. The molecule has 1 fully saturated rings. The molecule has 0 radical (unpaired) electrons. The van der Waals surface area contributed by atoms with Gasteiger partial charge in [-0.05, 0) is 25.5 Å². The van der Waals surface area contributed by atoms with E-state index in [1.165, 1.54) is 0 Å². The Morgan fingerprint density at radius 3 is 2.62 bits per heavy atom. The third-order valence-corrected chi connectivity index (χ3v) is 4.60. The highest BCUT2D eigenvalue weighted by molar-refractivity contribution is 5.96. The van der Waals surface area contributed by atoms with Crippen LogP contribution in [0, 0.1) is 0 Å². The van der Waals surface area contributed by atoms with Crippen molar-refractivity contribution in [3.63, 3.8) is 0 Å². The average molecular weight is 350 g/mol. The first-order valence-electron chi connectivity index (χ1n) is 8.90. The minimum atomic E-state index is -0.00258. The van der Waals surface area contributed by atoms with E-state index in [9.17, 15) is 4.79 Å². The third-order valence-electron chi connectivity index (χ3n) is 4.60. The number of carbonyl (C=O) groups is 1. The van der Waals surface area contributed by atoms with Gasteiger partial charge in [-0.15, -0.1) is 0 Å². The average Bonchev–Trinajstić information content (AvgIpc) is 3.03. The number of morpholine rings is 1. The molecule has 1 aromatic carbocycles. The molecule has 1 saturated heterocycles. The maximum Gasteiger partial charge on any atom is 0.255 e. The summed E-state index contributed by atoms with van der Waals surface area (Å²) in [6.07, 6.45) is 3.52.